The quantitative estimate of drug-likeness (QED) is 0.324. The van der Waals surface area contributed by atoms with Crippen LogP contribution in [0.15, 0.2) is 24.3 Å². The molecule has 2 rings (SSSR count). The molecule has 1 saturated heterocycles. The van der Waals surface area contributed by atoms with Crippen molar-refractivity contribution in [1.29, 1.82) is 0 Å². The van der Waals surface area contributed by atoms with E-state index in [-0.39, 0.29) is 17.7 Å². The largest absolute Gasteiger partial charge is 0.471 e. The Kier molecular flexibility index (Phi) is 6.42. The van der Waals surface area contributed by atoms with Gasteiger partial charge in [0, 0.05) is 18.6 Å². The van der Waals surface area contributed by atoms with Crippen LogP contribution in [0, 0.1) is 10.1 Å². The number of hydrogen-bond acceptors (Lipinski definition) is 6. The van der Waals surface area contributed by atoms with Gasteiger partial charge in [-0.15, -0.1) is 0 Å². The monoisotopic (exact) mass is 454 g/mol. The number of non-ortho nitro benzene ring substituents is 1. The molecule has 0 spiro atoms. The second kappa shape index (κ2) is 8.21. The number of ether oxygens (including phenoxy) is 2. The Morgan fingerprint density at radius 3 is 2.44 bits per heavy atom. The molecule has 4 atom stereocenters. The smallest absolute Gasteiger partial charge is 0.454 e. The molecule has 1 amide bonds. The van der Waals surface area contributed by atoms with E-state index < -0.39 is 46.2 Å². The maximum absolute atomic E-state index is 12.5. The third kappa shape index (κ3) is 5.39. The van der Waals surface area contributed by atoms with Crippen LogP contribution in [0.5, 0.6) is 0 Å². The fourth-order valence-electron chi connectivity index (χ4n) is 2.51. The second-order valence-corrected chi connectivity index (χ2v) is 6.76. The Morgan fingerprint density at radius 2 is 1.93 bits per heavy atom. The summed E-state index contributed by atoms with van der Waals surface area (Å²) in [5.74, 6) is -3.07. The summed E-state index contributed by atoms with van der Waals surface area (Å²) in [4.78, 5) is 33.5. The highest BCUT2D eigenvalue weighted by Crippen LogP contribution is 2.28. The number of halogens is 4. The van der Waals surface area contributed by atoms with E-state index in [1.165, 1.54) is 6.92 Å². The number of esters is 1. The molecule has 0 aliphatic carbocycles. The number of carbonyl (C=O) groups excluding carboxylic acids is 2. The van der Waals surface area contributed by atoms with Crippen LogP contribution in [0.1, 0.15) is 23.7 Å². The lowest BCUT2D eigenvalue weighted by Gasteiger charge is -2.38. The summed E-state index contributed by atoms with van der Waals surface area (Å²) >= 11 is 3.11. The molecule has 0 bridgehead atoms. The van der Waals surface area contributed by atoms with Crippen molar-refractivity contribution < 1.29 is 37.2 Å². The molecule has 148 valence electrons. The van der Waals surface area contributed by atoms with Crippen molar-refractivity contribution in [1.82, 2.24) is 5.32 Å². The van der Waals surface area contributed by atoms with Crippen molar-refractivity contribution in [3.63, 3.8) is 0 Å². The first-order valence-electron chi connectivity index (χ1n) is 7.61. The van der Waals surface area contributed by atoms with Gasteiger partial charge in [-0.25, -0.2) is 4.79 Å². The van der Waals surface area contributed by atoms with Crippen LogP contribution in [0.2, 0.25) is 0 Å². The van der Waals surface area contributed by atoms with Gasteiger partial charge in [-0.2, -0.15) is 13.2 Å². The summed E-state index contributed by atoms with van der Waals surface area (Å²) in [6.45, 7) is 1.48. The first-order valence-corrected chi connectivity index (χ1v) is 8.53. The van der Waals surface area contributed by atoms with E-state index >= 15 is 0 Å². The molecule has 1 aliphatic heterocycles. The van der Waals surface area contributed by atoms with Crippen molar-refractivity contribution in [2.45, 2.75) is 42.8 Å². The second-order valence-electron chi connectivity index (χ2n) is 5.74. The van der Waals surface area contributed by atoms with Gasteiger partial charge in [-0.05, 0) is 19.1 Å². The van der Waals surface area contributed by atoms with Crippen LogP contribution in [-0.4, -0.2) is 46.2 Å². The zero-order valence-corrected chi connectivity index (χ0v) is 15.3. The molecule has 8 nitrogen and oxygen atoms in total. The molecule has 1 aromatic rings. The Morgan fingerprint density at radius 1 is 1.33 bits per heavy atom. The van der Waals surface area contributed by atoms with Crippen molar-refractivity contribution in [2.24, 2.45) is 0 Å². The van der Waals surface area contributed by atoms with Crippen molar-refractivity contribution in [3.8, 4) is 0 Å². The molecule has 1 N–H and O–H groups in total. The normalized spacial score (nSPS) is 25.5. The van der Waals surface area contributed by atoms with Gasteiger partial charge in [-0.1, -0.05) is 15.9 Å². The summed E-state index contributed by atoms with van der Waals surface area (Å²) in [6, 6.07) is 3.36. The Hall–Kier alpha value is -2.21. The molecule has 0 radical (unpaired) electrons. The predicted molar refractivity (Wildman–Crippen MR) is 88.2 cm³/mol. The van der Waals surface area contributed by atoms with E-state index in [1.54, 1.807) is 0 Å². The van der Waals surface area contributed by atoms with E-state index in [0.29, 0.717) is 0 Å². The van der Waals surface area contributed by atoms with Crippen LogP contribution in [0.25, 0.3) is 0 Å². The number of nitrogens with one attached hydrogen (secondary N) is 1. The maximum atomic E-state index is 12.5. The van der Waals surface area contributed by atoms with Crippen molar-refractivity contribution in [2.75, 3.05) is 0 Å². The summed E-state index contributed by atoms with van der Waals surface area (Å²) in [6.07, 6.45) is -7.16. The van der Waals surface area contributed by atoms with E-state index in [0.717, 1.165) is 24.3 Å². The fraction of sp³-hybridized carbons (Fsp3) is 0.467. The van der Waals surface area contributed by atoms with Crippen LogP contribution in [0.3, 0.4) is 0 Å². The topological polar surface area (TPSA) is 108 Å². The lowest BCUT2D eigenvalue weighted by atomic mass is 10.00. The standard InChI is InChI=1S/C15H14BrF3N2O6/c1-7-12(10(6-11(16)26-7)20-14(23)15(17,18)19)27-13(22)8-2-4-9(5-3-8)21(24)25/h2-5,7,10-12H,6H2,1H3,(H,20,23)/t7-,10-,11?,12+/m0/s1. The molecule has 0 saturated carbocycles. The predicted octanol–water partition coefficient (Wildman–Crippen LogP) is 2.70. The van der Waals surface area contributed by atoms with E-state index in [9.17, 15) is 32.9 Å². The highest BCUT2D eigenvalue weighted by atomic mass is 79.9. The summed E-state index contributed by atoms with van der Waals surface area (Å²) < 4.78 is 48.2. The maximum Gasteiger partial charge on any atom is 0.471 e. The number of nitrogens with zero attached hydrogens (tertiary/aromatic N) is 1. The highest BCUT2D eigenvalue weighted by Gasteiger charge is 2.45. The average Bonchev–Trinajstić information content (AvgIpc) is 2.56. The Labute approximate surface area is 159 Å². The molecule has 1 aliphatic rings. The van der Waals surface area contributed by atoms with Gasteiger partial charge in [0.05, 0.1) is 22.6 Å². The summed E-state index contributed by atoms with van der Waals surface area (Å²) in [5, 5.41) is 11.8. The molecule has 12 heteroatoms. The van der Waals surface area contributed by atoms with Gasteiger partial charge in [0.15, 0.2) is 0 Å². The van der Waals surface area contributed by atoms with Gasteiger partial charge >= 0.3 is 18.1 Å². The Balaban J connectivity index is 2.15. The number of rotatable bonds is 4. The summed E-state index contributed by atoms with van der Waals surface area (Å²) in [5.41, 5.74) is -0.270. The minimum Gasteiger partial charge on any atom is -0.454 e. The zero-order valence-electron chi connectivity index (χ0n) is 13.7. The molecule has 27 heavy (non-hydrogen) atoms. The third-order valence-electron chi connectivity index (χ3n) is 3.79. The minimum atomic E-state index is -5.09. The van der Waals surface area contributed by atoms with Crippen LogP contribution >= 0.6 is 15.9 Å². The minimum absolute atomic E-state index is 0.0327. The van der Waals surface area contributed by atoms with Gasteiger partial charge in [0.25, 0.3) is 5.69 Å². The van der Waals surface area contributed by atoms with Gasteiger partial charge in [0.1, 0.15) is 11.1 Å². The zero-order chi connectivity index (χ0) is 20.4. The van der Waals surface area contributed by atoms with E-state index in [4.69, 9.17) is 9.47 Å². The van der Waals surface area contributed by atoms with Gasteiger partial charge in [-0.3, -0.25) is 14.9 Å². The van der Waals surface area contributed by atoms with Gasteiger partial charge < -0.3 is 14.8 Å². The van der Waals surface area contributed by atoms with E-state index in [1.807, 2.05) is 5.32 Å². The van der Waals surface area contributed by atoms with Crippen LogP contribution < -0.4 is 5.32 Å². The number of nitro groups is 1. The molecular formula is C15H14BrF3N2O6. The lowest BCUT2D eigenvalue weighted by molar-refractivity contribution is -0.384. The number of carbonyl (C=O) groups is 2. The first kappa shape index (κ1) is 21.1. The number of alkyl halides is 4. The molecule has 1 aromatic carbocycles. The first-order chi connectivity index (χ1) is 12.5. The number of benzene rings is 1. The van der Waals surface area contributed by atoms with Crippen molar-refractivity contribution >= 4 is 33.5 Å². The fourth-order valence-corrected chi connectivity index (χ4v) is 3.25. The molecule has 0 aromatic heterocycles. The highest BCUT2D eigenvalue weighted by molar-refractivity contribution is 9.09. The number of nitro benzene ring substituents is 1. The summed E-state index contributed by atoms with van der Waals surface area (Å²) in [7, 11) is 0. The van der Waals surface area contributed by atoms with E-state index in [2.05, 4.69) is 15.9 Å². The lowest BCUT2D eigenvalue weighted by Crippen LogP contribution is -2.57. The Bertz CT molecular complexity index is 727. The van der Waals surface area contributed by atoms with Gasteiger partial charge in [0.2, 0.25) is 0 Å². The SMILES string of the molecule is C[C@@H]1OC(Br)C[C@H](NC(=O)C(F)(F)F)[C@@H]1OC(=O)c1ccc([N+](=O)[O-])cc1. The molecule has 1 fully saturated rings. The molecule has 1 heterocycles. The van der Waals surface area contributed by atoms with Crippen molar-refractivity contribution in [3.05, 3.63) is 39.9 Å². The van der Waals surface area contributed by atoms with Crippen LogP contribution in [0.4, 0.5) is 18.9 Å². The molecule has 1 unspecified atom stereocenters. The molecular weight excluding hydrogens is 441 g/mol. The number of hydrogen-bond donors (Lipinski definition) is 1. The third-order valence-corrected chi connectivity index (χ3v) is 4.38. The number of amides is 1. The van der Waals surface area contributed by atoms with Crippen LogP contribution in [-0.2, 0) is 14.3 Å². The average molecular weight is 455 g/mol.